The molecule has 3 N–H and O–H groups in total. The van der Waals surface area contributed by atoms with Crippen LogP contribution in [0.2, 0.25) is 0 Å². The first-order valence-corrected chi connectivity index (χ1v) is 22.2. The maximum Gasteiger partial charge on any atom is 0.277 e. The number of hydrogen-bond acceptors (Lipinski definition) is 9. The van der Waals surface area contributed by atoms with Crippen molar-refractivity contribution in [1.82, 2.24) is 30.1 Å². The Morgan fingerprint density at radius 1 is 0.885 bits per heavy atom. The fourth-order valence-electron chi connectivity index (χ4n) is 9.52. The minimum absolute atomic E-state index is 0.0169. The van der Waals surface area contributed by atoms with Gasteiger partial charge in [-0.15, -0.1) is 0 Å². The third-order valence-corrected chi connectivity index (χ3v) is 13.6. The Kier molecular flexibility index (Phi) is 13.3. The number of imidazole rings is 1. The lowest BCUT2D eigenvalue weighted by atomic mass is 9.82. The molecular formula is C45H53BrF2N8O5. The Morgan fingerprint density at radius 2 is 1.57 bits per heavy atom. The summed E-state index contributed by atoms with van der Waals surface area (Å²) in [6, 6.07) is 14.0. The van der Waals surface area contributed by atoms with Crippen LogP contribution in [0.15, 0.2) is 59.3 Å². The highest BCUT2D eigenvalue weighted by atomic mass is 79.9. The standard InChI is InChI=1S/C45H53BrF2N8O5/c1-53-27-49-43-38(53)24-35(42(41(43)48)50-37-8-4-32(46)23-36(37)47)45(60)52-61-26-40(58)56-20-12-29(13-21-56)22-28-10-16-54(17-11-28)25-30-14-18-55(19-15-30)33-5-2-31(3-6-33)34-7-9-39(57)51-44(34)59/h2-6,8,23-24,27-30,34,50H,7,9-22,25-26H2,1H3,(H,52,60)(H,51,57,59). The summed E-state index contributed by atoms with van der Waals surface area (Å²) < 4.78 is 32.5. The summed E-state index contributed by atoms with van der Waals surface area (Å²) in [4.78, 5) is 66.6. The normalized spacial score (nSPS) is 20.0. The number of hydrogen-bond donors (Lipinski definition) is 3. The van der Waals surface area contributed by atoms with Gasteiger partial charge in [-0.25, -0.2) is 19.2 Å². The van der Waals surface area contributed by atoms with E-state index in [0.717, 1.165) is 51.1 Å². The summed E-state index contributed by atoms with van der Waals surface area (Å²) >= 11 is 3.21. The average molecular weight is 904 g/mol. The number of aromatic nitrogens is 2. The van der Waals surface area contributed by atoms with E-state index in [-0.39, 0.29) is 52.7 Å². The van der Waals surface area contributed by atoms with E-state index in [1.807, 2.05) is 12.1 Å². The van der Waals surface area contributed by atoms with Crippen molar-refractivity contribution in [3.05, 3.63) is 82.1 Å². The van der Waals surface area contributed by atoms with Gasteiger partial charge in [0.1, 0.15) is 11.3 Å². The van der Waals surface area contributed by atoms with Gasteiger partial charge in [0.15, 0.2) is 12.4 Å². The van der Waals surface area contributed by atoms with Gasteiger partial charge in [0.25, 0.3) is 11.8 Å². The molecule has 4 saturated heterocycles. The van der Waals surface area contributed by atoms with Crippen LogP contribution < -0.4 is 21.0 Å². The molecule has 5 heterocycles. The molecule has 4 aliphatic heterocycles. The summed E-state index contributed by atoms with van der Waals surface area (Å²) in [5.74, 6) is -1.17. The molecule has 1 unspecified atom stereocenters. The minimum Gasteiger partial charge on any atom is -0.372 e. The van der Waals surface area contributed by atoms with Crippen LogP contribution in [0.4, 0.5) is 25.8 Å². The Balaban J connectivity index is 0.732. The van der Waals surface area contributed by atoms with E-state index in [1.165, 1.54) is 62.3 Å². The average Bonchev–Trinajstić information content (AvgIpc) is 3.64. The molecule has 0 radical (unpaired) electrons. The van der Waals surface area contributed by atoms with Gasteiger partial charge in [-0.3, -0.25) is 29.3 Å². The number of likely N-dealkylation sites (tertiary alicyclic amines) is 2. The van der Waals surface area contributed by atoms with Gasteiger partial charge in [-0.1, -0.05) is 28.1 Å². The Morgan fingerprint density at radius 3 is 2.26 bits per heavy atom. The molecule has 4 aliphatic rings. The van der Waals surface area contributed by atoms with Crippen molar-refractivity contribution in [2.24, 2.45) is 24.8 Å². The van der Waals surface area contributed by atoms with E-state index in [1.54, 1.807) is 22.6 Å². The number of carbonyl (C=O) groups excluding carboxylic acids is 4. The molecular weight excluding hydrogens is 850 g/mol. The van der Waals surface area contributed by atoms with Gasteiger partial charge in [0.05, 0.1) is 34.7 Å². The topological polar surface area (TPSA) is 141 Å². The fraction of sp³-hybridized carbons (Fsp3) is 0.489. The summed E-state index contributed by atoms with van der Waals surface area (Å²) in [6.07, 6.45) is 10.2. The van der Waals surface area contributed by atoms with E-state index in [2.05, 4.69) is 59.0 Å². The molecule has 61 heavy (non-hydrogen) atoms. The molecule has 3 aromatic carbocycles. The number of imide groups is 1. The van der Waals surface area contributed by atoms with Gasteiger partial charge in [0, 0.05) is 56.4 Å². The molecule has 1 aromatic heterocycles. The molecule has 16 heteroatoms. The van der Waals surface area contributed by atoms with Crippen molar-refractivity contribution in [1.29, 1.82) is 0 Å². The number of piperidine rings is 4. The lowest BCUT2D eigenvalue weighted by Gasteiger charge is -2.39. The highest BCUT2D eigenvalue weighted by molar-refractivity contribution is 9.10. The zero-order valence-electron chi connectivity index (χ0n) is 34.4. The SMILES string of the molecule is Cn1cnc2c(F)c(Nc3ccc(Br)cc3F)c(C(=O)NOCC(=O)N3CCC(CC4CCN(CC5CCN(c6ccc(C7CCC(=O)NC7=O)cc6)CC5)CC4)CC3)cc21. The number of aryl methyl sites for hydroxylation is 1. The summed E-state index contributed by atoms with van der Waals surface area (Å²) in [7, 11) is 1.67. The van der Waals surface area contributed by atoms with Crippen LogP contribution in [0, 0.1) is 29.4 Å². The Bertz CT molecular complexity index is 2250. The van der Waals surface area contributed by atoms with Crippen molar-refractivity contribution in [2.75, 3.05) is 62.6 Å². The lowest BCUT2D eigenvalue weighted by Crippen LogP contribution is -2.43. The number of rotatable bonds is 12. The molecule has 4 fully saturated rings. The van der Waals surface area contributed by atoms with Crippen LogP contribution in [0.3, 0.4) is 0 Å². The molecule has 4 aromatic rings. The number of amides is 4. The molecule has 0 spiro atoms. The van der Waals surface area contributed by atoms with Gasteiger partial charge in [-0.05, 0) is 124 Å². The van der Waals surface area contributed by atoms with E-state index >= 15 is 4.39 Å². The number of benzene rings is 3. The van der Waals surface area contributed by atoms with Crippen molar-refractivity contribution in [3.63, 3.8) is 0 Å². The number of anilines is 3. The van der Waals surface area contributed by atoms with Crippen LogP contribution in [0.25, 0.3) is 11.0 Å². The minimum atomic E-state index is -0.821. The maximum atomic E-state index is 15.7. The second-order valence-corrected chi connectivity index (χ2v) is 18.1. The third-order valence-electron chi connectivity index (χ3n) is 13.1. The second kappa shape index (κ2) is 19.0. The Hall–Kier alpha value is -4.93. The number of carbonyl (C=O) groups is 4. The largest absolute Gasteiger partial charge is 0.372 e. The smallest absolute Gasteiger partial charge is 0.277 e. The number of nitrogens with one attached hydrogen (secondary N) is 3. The van der Waals surface area contributed by atoms with Crippen molar-refractivity contribution >= 4 is 67.7 Å². The second-order valence-electron chi connectivity index (χ2n) is 17.1. The van der Waals surface area contributed by atoms with E-state index in [9.17, 15) is 23.6 Å². The highest BCUT2D eigenvalue weighted by Gasteiger charge is 2.31. The van der Waals surface area contributed by atoms with Gasteiger partial charge >= 0.3 is 0 Å². The number of halogens is 3. The predicted molar refractivity (Wildman–Crippen MR) is 231 cm³/mol. The van der Waals surface area contributed by atoms with E-state index in [0.29, 0.717) is 53.7 Å². The first kappa shape index (κ1) is 42.7. The van der Waals surface area contributed by atoms with Crippen molar-refractivity contribution in [3.8, 4) is 0 Å². The highest BCUT2D eigenvalue weighted by Crippen LogP contribution is 2.34. The summed E-state index contributed by atoms with van der Waals surface area (Å²) in [6.45, 7) is 6.38. The monoisotopic (exact) mass is 902 g/mol. The first-order chi connectivity index (χ1) is 29.5. The molecule has 324 valence electrons. The van der Waals surface area contributed by atoms with Crippen LogP contribution in [0.5, 0.6) is 0 Å². The number of hydroxylamine groups is 1. The number of nitrogens with zero attached hydrogens (tertiary/aromatic N) is 5. The molecule has 8 rings (SSSR count). The molecule has 0 saturated carbocycles. The molecule has 0 bridgehead atoms. The van der Waals surface area contributed by atoms with Crippen LogP contribution in [-0.4, -0.2) is 95.4 Å². The van der Waals surface area contributed by atoms with Gasteiger partial charge in [0.2, 0.25) is 11.8 Å². The van der Waals surface area contributed by atoms with Crippen LogP contribution in [0.1, 0.15) is 79.6 Å². The zero-order chi connectivity index (χ0) is 42.6. The van der Waals surface area contributed by atoms with Gasteiger partial charge < -0.3 is 24.6 Å². The van der Waals surface area contributed by atoms with Crippen molar-refractivity contribution < 1.29 is 32.8 Å². The number of fused-ring (bicyclic) bond motifs is 1. The molecule has 4 amide bonds. The lowest BCUT2D eigenvalue weighted by molar-refractivity contribution is -0.139. The fourth-order valence-corrected chi connectivity index (χ4v) is 9.86. The van der Waals surface area contributed by atoms with E-state index in [4.69, 9.17) is 4.84 Å². The first-order valence-electron chi connectivity index (χ1n) is 21.5. The predicted octanol–water partition coefficient (Wildman–Crippen LogP) is 6.80. The van der Waals surface area contributed by atoms with Crippen LogP contribution in [-0.2, 0) is 26.3 Å². The molecule has 1 atom stereocenters. The Labute approximate surface area is 362 Å². The molecule has 0 aliphatic carbocycles. The maximum absolute atomic E-state index is 15.7. The van der Waals surface area contributed by atoms with E-state index < -0.39 is 17.5 Å². The summed E-state index contributed by atoms with van der Waals surface area (Å²) in [5, 5.41) is 5.17. The van der Waals surface area contributed by atoms with Gasteiger partial charge in [-0.2, -0.15) is 0 Å². The molecule has 13 nitrogen and oxygen atoms in total. The summed E-state index contributed by atoms with van der Waals surface area (Å²) in [5.41, 5.74) is 4.40. The van der Waals surface area contributed by atoms with Crippen LogP contribution >= 0.6 is 15.9 Å². The zero-order valence-corrected chi connectivity index (χ0v) is 36.0. The van der Waals surface area contributed by atoms with Crippen molar-refractivity contribution in [2.45, 2.75) is 63.7 Å². The quantitative estimate of drug-likeness (QED) is 0.104. The third kappa shape index (κ3) is 10.1.